The number of hydrogen-bond acceptors (Lipinski definition) is 0. The van der Waals surface area contributed by atoms with E-state index in [2.05, 4.69) is 13.7 Å². The van der Waals surface area contributed by atoms with Gasteiger partial charge in [0, 0.05) is 0 Å². The average Bonchev–Trinajstić information content (AvgIpc) is 1.41. The van der Waals surface area contributed by atoms with Gasteiger partial charge < -0.3 is 0 Å². The Labute approximate surface area is 34.6 Å². The first kappa shape index (κ1) is 4.69. The standard InChI is InChI=1S/C3H6B2/c1-2-3-5-4/h1,5H,3-4H2. The molecule has 0 aliphatic rings. The van der Waals surface area contributed by atoms with E-state index in [0.717, 1.165) is 13.5 Å². The van der Waals surface area contributed by atoms with E-state index in [-0.39, 0.29) is 0 Å². The maximum absolute atomic E-state index is 4.89. The lowest BCUT2D eigenvalue weighted by Crippen LogP contribution is -1.80. The lowest BCUT2D eigenvalue weighted by molar-refractivity contribution is 1.88. The molecule has 24 valence electrons. The topological polar surface area (TPSA) is 0 Å². The summed E-state index contributed by atoms with van der Waals surface area (Å²) in [6.07, 6.45) is 5.81. The van der Waals surface area contributed by atoms with Crippen molar-refractivity contribution >= 4 is 14.9 Å². The molecule has 0 aromatic rings. The number of rotatable bonds is 1. The Morgan fingerprint density at radius 2 is 2.60 bits per heavy atom. The molecule has 0 saturated carbocycles. The van der Waals surface area contributed by atoms with Crippen LogP contribution in [0.4, 0.5) is 0 Å². The fourth-order valence-corrected chi connectivity index (χ4v) is 0.144. The highest BCUT2D eigenvalue weighted by Gasteiger charge is 1.67. The Bertz CT molecular complexity index is 43.3. The molecule has 0 atom stereocenters. The zero-order valence-corrected chi connectivity index (χ0v) is 3.49. The third-order valence-electron chi connectivity index (χ3n) is 0.394. The fourth-order valence-electron chi connectivity index (χ4n) is 0.144. The highest BCUT2D eigenvalue weighted by molar-refractivity contribution is 6.89. The summed E-state index contributed by atoms with van der Waals surface area (Å²) in [6.45, 7) is 0. The van der Waals surface area contributed by atoms with Crippen molar-refractivity contribution in [3.8, 4) is 12.3 Å². The normalized spacial score (nSPS) is 5.40. The Morgan fingerprint density at radius 3 is 2.60 bits per heavy atom. The van der Waals surface area contributed by atoms with Crippen LogP contribution < -0.4 is 0 Å². The maximum atomic E-state index is 4.89. The van der Waals surface area contributed by atoms with Crippen molar-refractivity contribution < 1.29 is 0 Å². The molecule has 0 rings (SSSR count). The van der Waals surface area contributed by atoms with Gasteiger partial charge in [0.05, 0.1) is 14.9 Å². The van der Waals surface area contributed by atoms with Crippen LogP contribution in [0.3, 0.4) is 0 Å². The molecule has 2 heteroatoms. The van der Waals surface area contributed by atoms with E-state index >= 15 is 0 Å². The third-order valence-corrected chi connectivity index (χ3v) is 0.394. The van der Waals surface area contributed by atoms with E-state index in [9.17, 15) is 0 Å². The summed E-state index contributed by atoms with van der Waals surface area (Å²) >= 11 is 0. The third kappa shape index (κ3) is 3.69. The SMILES string of the molecule is BBCC#C. The van der Waals surface area contributed by atoms with Gasteiger partial charge in [-0.25, -0.2) is 0 Å². The van der Waals surface area contributed by atoms with Gasteiger partial charge >= 0.3 is 0 Å². The molecule has 0 saturated heterocycles. The molecule has 0 heterocycles. The van der Waals surface area contributed by atoms with Crippen LogP contribution in [0.15, 0.2) is 0 Å². The van der Waals surface area contributed by atoms with Crippen molar-refractivity contribution in [3.63, 3.8) is 0 Å². The first-order valence-electron chi connectivity index (χ1n) is 1.85. The van der Waals surface area contributed by atoms with Crippen molar-refractivity contribution in [1.29, 1.82) is 0 Å². The molecule has 0 aromatic carbocycles. The van der Waals surface area contributed by atoms with Gasteiger partial charge in [-0.3, -0.25) is 0 Å². The molecule has 0 aromatic heterocycles. The average molecular weight is 63.7 g/mol. The van der Waals surface area contributed by atoms with Crippen LogP contribution in [0.1, 0.15) is 0 Å². The molecule has 0 radical (unpaired) electrons. The summed E-state index contributed by atoms with van der Waals surface area (Å²) in [5.74, 6) is 2.52. The van der Waals surface area contributed by atoms with Gasteiger partial charge in [0.25, 0.3) is 0 Å². The van der Waals surface area contributed by atoms with Crippen LogP contribution in [-0.2, 0) is 0 Å². The van der Waals surface area contributed by atoms with Crippen LogP contribution in [0.5, 0.6) is 0 Å². The predicted molar refractivity (Wildman–Crippen MR) is 29.3 cm³/mol. The second-order valence-corrected chi connectivity index (χ2v) is 0.954. The van der Waals surface area contributed by atoms with Crippen LogP contribution in [-0.4, -0.2) is 14.9 Å². The van der Waals surface area contributed by atoms with Crippen molar-refractivity contribution in [2.45, 2.75) is 6.32 Å². The van der Waals surface area contributed by atoms with Crippen LogP contribution in [0.2, 0.25) is 6.32 Å². The van der Waals surface area contributed by atoms with E-state index in [1.807, 2.05) is 0 Å². The second-order valence-electron chi connectivity index (χ2n) is 0.954. The molecule has 0 spiro atoms. The van der Waals surface area contributed by atoms with Crippen molar-refractivity contribution in [2.24, 2.45) is 0 Å². The Balaban J connectivity index is 2.48. The van der Waals surface area contributed by atoms with E-state index in [4.69, 9.17) is 6.42 Å². The zero-order valence-electron chi connectivity index (χ0n) is 3.49. The number of hydrogen-bond donors (Lipinski definition) is 0. The molecule has 0 fully saturated rings. The molecule has 0 aliphatic heterocycles. The molecule has 0 unspecified atom stereocenters. The smallest absolute Gasteiger partial charge is 0.0972 e. The van der Waals surface area contributed by atoms with Gasteiger partial charge in [-0.2, -0.15) is 0 Å². The highest BCUT2D eigenvalue weighted by Crippen LogP contribution is 1.61. The molecular weight excluding hydrogens is 57.7 g/mol. The largest absolute Gasteiger partial charge is 0.121 e. The Hall–Kier alpha value is -0.310. The highest BCUT2D eigenvalue weighted by atomic mass is 13.4. The summed E-state index contributed by atoms with van der Waals surface area (Å²) in [6, 6.07) is 0. The maximum Gasteiger partial charge on any atom is 0.0972 e. The lowest BCUT2D eigenvalue weighted by atomic mass is 9.54. The van der Waals surface area contributed by atoms with E-state index in [1.54, 1.807) is 0 Å². The van der Waals surface area contributed by atoms with Crippen molar-refractivity contribution in [1.82, 2.24) is 0 Å². The molecule has 0 amide bonds. The van der Waals surface area contributed by atoms with Gasteiger partial charge in [0.2, 0.25) is 0 Å². The van der Waals surface area contributed by atoms with Crippen molar-refractivity contribution in [3.05, 3.63) is 0 Å². The molecule has 0 bridgehead atoms. The summed E-state index contributed by atoms with van der Waals surface area (Å²) in [5, 5.41) is 0. The van der Waals surface area contributed by atoms with E-state index in [0.29, 0.717) is 0 Å². The second kappa shape index (κ2) is 3.69. The van der Waals surface area contributed by atoms with Crippen molar-refractivity contribution in [2.75, 3.05) is 0 Å². The molecular formula is C3H6B2. The van der Waals surface area contributed by atoms with Gasteiger partial charge in [-0.05, 0) is 6.32 Å². The number of terminal acetylenes is 1. The van der Waals surface area contributed by atoms with E-state index < -0.39 is 0 Å². The Kier molecular flexibility index (Phi) is 3.46. The molecule has 0 aliphatic carbocycles. The summed E-state index contributed by atoms with van der Waals surface area (Å²) in [5.41, 5.74) is 0. The van der Waals surface area contributed by atoms with Gasteiger partial charge in [0.15, 0.2) is 0 Å². The lowest BCUT2D eigenvalue weighted by Gasteiger charge is -1.65. The minimum absolute atomic E-state index is 0.917. The summed E-state index contributed by atoms with van der Waals surface area (Å²) < 4.78 is 0. The molecule has 0 nitrogen and oxygen atoms in total. The van der Waals surface area contributed by atoms with E-state index in [1.165, 1.54) is 0 Å². The summed E-state index contributed by atoms with van der Waals surface area (Å²) in [7, 11) is 3.18. The first-order chi connectivity index (χ1) is 2.41. The summed E-state index contributed by atoms with van der Waals surface area (Å²) in [4.78, 5) is 0. The minimum Gasteiger partial charge on any atom is -0.121 e. The monoisotopic (exact) mass is 64.1 g/mol. The molecule has 0 N–H and O–H groups in total. The minimum atomic E-state index is 0.917. The van der Waals surface area contributed by atoms with Crippen LogP contribution >= 0.6 is 0 Å². The fraction of sp³-hybridized carbons (Fsp3) is 0.333. The van der Waals surface area contributed by atoms with Crippen LogP contribution in [0.25, 0.3) is 0 Å². The Morgan fingerprint density at radius 1 is 2.00 bits per heavy atom. The van der Waals surface area contributed by atoms with Gasteiger partial charge in [0.1, 0.15) is 0 Å². The zero-order chi connectivity index (χ0) is 4.12. The first-order valence-corrected chi connectivity index (χ1v) is 1.85. The quantitative estimate of drug-likeness (QED) is 0.271. The van der Waals surface area contributed by atoms with Gasteiger partial charge in [-0.1, -0.05) is 0 Å². The van der Waals surface area contributed by atoms with Crippen LogP contribution in [0, 0.1) is 12.3 Å². The van der Waals surface area contributed by atoms with Gasteiger partial charge in [-0.15, -0.1) is 12.3 Å². The predicted octanol–water partition coefficient (Wildman–Crippen LogP) is -0.978. The molecule has 5 heavy (non-hydrogen) atoms.